The number of hydrogen-bond acceptors (Lipinski definition) is 4. The van der Waals surface area contributed by atoms with Gasteiger partial charge >= 0.3 is 5.97 Å². The largest absolute Gasteiger partial charge is 0.468 e. The summed E-state index contributed by atoms with van der Waals surface area (Å²) >= 11 is 0. The first-order valence-corrected chi connectivity index (χ1v) is 8.91. The minimum atomic E-state index is -0.391. The molecule has 138 valence electrons. The van der Waals surface area contributed by atoms with E-state index in [-0.39, 0.29) is 5.97 Å². The fraction of sp³-hybridized carbons (Fsp3) is 0.174. The molecule has 0 heterocycles. The van der Waals surface area contributed by atoms with Crippen LogP contribution in [0.4, 0.5) is 0 Å². The van der Waals surface area contributed by atoms with Crippen molar-refractivity contribution in [1.29, 1.82) is 0 Å². The van der Waals surface area contributed by atoms with E-state index >= 15 is 0 Å². The molecule has 0 radical (unpaired) electrons. The quantitative estimate of drug-likeness (QED) is 0.606. The zero-order valence-electron chi connectivity index (χ0n) is 15.3. The molecule has 0 aromatic heterocycles. The molecule has 0 aliphatic carbocycles. The number of carbonyl (C=O) groups excluding carboxylic acids is 1. The van der Waals surface area contributed by atoms with Gasteiger partial charge in [-0.2, -0.15) is 0 Å². The molecule has 0 saturated heterocycles. The van der Waals surface area contributed by atoms with Gasteiger partial charge in [0.15, 0.2) is 0 Å². The predicted octanol–water partition coefficient (Wildman–Crippen LogP) is 4.35. The van der Waals surface area contributed by atoms with Gasteiger partial charge < -0.3 is 14.8 Å². The standard InChI is InChI=1S/C23H23NO3/c1-26-23(25)22(16-18-8-4-2-5-9-18)24-17-19-12-14-21(15-13-19)27-20-10-6-3-7-11-20/h2-15,22,24H,16-17H2,1H3. The SMILES string of the molecule is COC(=O)C(Cc1ccccc1)NCc1ccc(Oc2ccccc2)cc1. The highest BCUT2D eigenvalue weighted by Crippen LogP contribution is 2.21. The van der Waals surface area contributed by atoms with Crippen molar-refractivity contribution in [2.75, 3.05) is 7.11 Å². The van der Waals surface area contributed by atoms with Crippen molar-refractivity contribution in [1.82, 2.24) is 5.32 Å². The van der Waals surface area contributed by atoms with Crippen molar-refractivity contribution in [2.45, 2.75) is 19.0 Å². The van der Waals surface area contributed by atoms with E-state index in [1.54, 1.807) is 0 Å². The molecule has 0 aliphatic heterocycles. The molecule has 4 nitrogen and oxygen atoms in total. The van der Waals surface area contributed by atoms with Gasteiger partial charge in [-0.3, -0.25) is 4.79 Å². The molecule has 0 saturated carbocycles. The van der Waals surface area contributed by atoms with E-state index in [1.807, 2.05) is 84.9 Å². The van der Waals surface area contributed by atoms with E-state index in [2.05, 4.69) is 5.32 Å². The Kier molecular flexibility index (Phi) is 6.61. The van der Waals surface area contributed by atoms with E-state index in [1.165, 1.54) is 7.11 Å². The predicted molar refractivity (Wildman–Crippen MR) is 106 cm³/mol. The zero-order chi connectivity index (χ0) is 18.9. The number of methoxy groups -OCH3 is 1. The van der Waals surface area contributed by atoms with Crippen molar-refractivity contribution < 1.29 is 14.3 Å². The highest BCUT2D eigenvalue weighted by molar-refractivity contribution is 5.76. The molecule has 3 rings (SSSR count). The average molecular weight is 361 g/mol. The van der Waals surface area contributed by atoms with Gasteiger partial charge in [-0.25, -0.2) is 0 Å². The first-order chi connectivity index (χ1) is 13.2. The van der Waals surface area contributed by atoms with Gasteiger partial charge in [0.25, 0.3) is 0 Å². The topological polar surface area (TPSA) is 47.6 Å². The first kappa shape index (κ1) is 18.7. The molecule has 4 heteroatoms. The smallest absolute Gasteiger partial charge is 0.323 e. The summed E-state index contributed by atoms with van der Waals surface area (Å²) in [6.07, 6.45) is 0.586. The van der Waals surface area contributed by atoms with Crippen LogP contribution in [0, 0.1) is 0 Å². The van der Waals surface area contributed by atoms with Crippen LogP contribution in [0.3, 0.4) is 0 Å². The number of nitrogens with one attached hydrogen (secondary N) is 1. The average Bonchev–Trinajstić information content (AvgIpc) is 2.73. The second-order valence-corrected chi connectivity index (χ2v) is 6.21. The highest BCUT2D eigenvalue weighted by atomic mass is 16.5. The maximum absolute atomic E-state index is 12.1. The van der Waals surface area contributed by atoms with Crippen LogP contribution >= 0.6 is 0 Å². The van der Waals surface area contributed by atoms with Crippen molar-refractivity contribution in [3.63, 3.8) is 0 Å². The molecular formula is C23H23NO3. The molecule has 0 amide bonds. The van der Waals surface area contributed by atoms with E-state index in [9.17, 15) is 4.79 Å². The summed E-state index contributed by atoms with van der Waals surface area (Å²) in [5, 5.41) is 3.29. The summed E-state index contributed by atoms with van der Waals surface area (Å²) in [4.78, 5) is 12.1. The summed E-state index contributed by atoms with van der Waals surface area (Å²) in [6.45, 7) is 0.568. The number of rotatable bonds is 8. The van der Waals surface area contributed by atoms with Gasteiger partial charge in [0.2, 0.25) is 0 Å². The van der Waals surface area contributed by atoms with Crippen molar-refractivity contribution in [3.05, 3.63) is 96.1 Å². The normalized spacial score (nSPS) is 11.6. The van der Waals surface area contributed by atoms with Crippen LogP contribution in [0.15, 0.2) is 84.9 Å². The monoisotopic (exact) mass is 361 g/mol. The summed E-state index contributed by atoms with van der Waals surface area (Å²) in [5.41, 5.74) is 2.16. The number of hydrogen-bond donors (Lipinski definition) is 1. The Morgan fingerprint density at radius 1 is 0.815 bits per heavy atom. The summed E-state index contributed by atoms with van der Waals surface area (Å²) in [7, 11) is 1.41. The molecule has 3 aromatic rings. The number of ether oxygens (including phenoxy) is 2. The minimum absolute atomic E-state index is 0.261. The molecule has 0 bridgehead atoms. The molecule has 0 aliphatic rings. The van der Waals surface area contributed by atoms with Crippen LogP contribution in [0.1, 0.15) is 11.1 Å². The molecule has 0 fully saturated rings. The van der Waals surface area contributed by atoms with Crippen molar-refractivity contribution >= 4 is 5.97 Å². The van der Waals surface area contributed by atoms with Crippen molar-refractivity contribution in [2.24, 2.45) is 0 Å². The first-order valence-electron chi connectivity index (χ1n) is 8.91. The van der Waals surface area contributed by atoms with Gasteiger partial charge in [-0.05, 0) is 41.8 Å². The van der Waals surface area contributed by atoms with Crippen LogP contribution in [-0.4, -0.2) is 19.1 Å². The maximum Gasteiger partial charge on any atom is 0.323 e. The Hall–Kier alpha value is -3.11. The van der Waals surface area contributed by atoms with E-state index < -0.39 is 6.04 Å². The molecule has 27 heavy (non-hydrogen) atoms. The second-order valence-electron chi connectivity index (χ2n) is 6.21. The Labute approximate surface area is 159 Å². The highest BCUT2D eigenvalue weighted by Gasteiger charge is 2.19. The van der Waals surface area contributed by atoms with E-state index in [0.29, 0.717) is 13.0 Å². The van der Waals surface area contributed by atoms with E-state index in [4.69, 9.17) is 9.47 Å². The third-order valence-electron chi connectivity index (χ3n) is 4.22. The number of para-hydroxylation sites is 1. The zero-order valence-corrected chi connectivity index (χ0v) is 15.3. The fourth-order valence-corrected chi connectivity index (χ4v) is 2.77. The Bertz CT molecular complexity index is 833. The number of carbonyl (C=O) groups is 1. The third-order valence-corrected chi connectivity index (χ3v) is 4.22. The Morgan fingerprint density at radius 2 is 1.41 bits per heavy atom. The van der Waals surface area contributed by atoms with Crippen LogP contribution in [0.2, 0.25) is 0 Å². The van der Waals surface area contributed by atoms with Gasteiger partial charge in [-0.15, -0.1) is 0 Å². The molecule has 1 N–H and O–H groups in total. The molecular weight excluding hydrogens is 338 g/mol. The van der Waals surface area contributed by atoms with E-state index in [0.717, 1.165) is 22.6 Å². The lowest BCUT2D eigenvalue weighted by atomic mass is 10.1. The van der Waals surface area contributed by atoms with Crippen LogP contribution in [-0.2, 0) is 22.5 Å². The van der Waals surface area contributed by atoms with Crippen LogP contribution < -0.4 is 10.1 Å². The lowest BCUT2D eigenvalue weighted by Gasteiger charge is -2.17. The van der Waals surface area contributed by atoms with Gasteiger partial charge in [0, 0.05) is 6.54 Å². The second kappa shape index (κ2) is 9.55. The van der Waals surface area contributed by atoms with Crippen LogP contribution in [0.5, 0.6) is 11.5 Å². The van der Waals surface area contributed by atoms with Gasteiger partial charge in [-0.1, -0.05) is 60.7 Å². The lowest BCUT2D eigenvalue weighted by molar-refractivity contribution is -0.143. The molecule has 1 unspecified atom stereocenters. The Morgan fingerprint density at radius 3 is 2.04 bits per heavy atom. The molecule has 0 spiro atoms. The third kappa shape index (κ3) is 5.69. The molecule has 1 atom stereocenters. The van der Waals surface area contributed by atoms with Gasteiger partial charge in [0.1, 0.15) is 17.5 Å². The van der Waals surface area contributed by atoms with Crippen LogP contribution in [0.25, 0.3) is 0 Å². The summed E-state index contributed by atoms with van der Waals surface area (Å²) in [5.74, 6) is 1.32. The Balaban J connectivity index is 1.58. The minimum Gasteiger partial charge on any atom is -0.468 e. The fourth-order valence-electron chi connectivity index (χ4n) is 2.77. The lowest BCUT2D eigenvalue weighted by Crippen LogP contribution is -2.39. The maximum atomic E-state index is 12.1. The summed E-state index contributed by atoms with van der Waals surface area (Å²) < 4.78 is 10.7. The number of benzene rings is 3. The number of esters is 1. The van der Waals surface area contributed by atoms with Crippen molar-refractivity contribution in [3.8, 4) is 11.5 Å². The summed E-state index contributed by atoms with van der Waals surface area (Å²) in [6, 6.07) is 27.0. The van der Waals surface area contributed by atoms with Gasteiger partial charge in [0.05, 0.1) is 7.11 Å². The molecule has 3 aromatic carbocycles.